The highest BCUT2D eigenvalue weighted by Gasteiger charge is 2.27. The van der Waals surface area contributed by atoms with Gasteiger partial charge in [0.25, 0.3) is 0 Å². The molecule has 35 heavy (non-hydrogen) atoms. The number of rotatable bonds is 3. The van der Waals surface area contributed by atoms with E-state index in [0.717, 1.165) is 0 Å². The lowest BCUT2D eigenvalue weighted by Gasteiger charge is -2.08. The standard InChI is InChI=1S/C12H11BN4O.C6H7BN2O2.3C2H6/c1-15-12-7-6-11(17(12)3)13(18)10-5-4-9(8-14)16(10)2;1-8-6-4-3-5(7(10)11)9(6)2;3*1-2/h4-7,18H,2-3H3;3-4,10-11H,2H3;3*1-2H3. The summed E-state index contributed by atoms with van der Waals surface area (Å²) in [5, 5.41) is 36.7. The summed E-state index contributed by atoms with van der Waals surface area (Å²) in [4.78, 5) is 6.52. The summed E-state index contributed by atoms with van der Waals surface area (Å²) in [6.07, 6.45) is 0. The second-order valence-corrected chi connectivity index (χ2v) is 6.16. The van der Waals surface area contributed by atoms with Crippen LogP contribution >= 0.6 is 0 Å². The van der Waals surface area contributed by atoms with Gasteiger partial charge in [0.1, 0.15) is 17.4 Å². The Morgan fingerprint density at radius 3 is 1.37 bits per heavy atom. The van der Waals surface area contributed by atoms with Crippen LogP contribution in [0.1, 0.15) is 47.2 Å². The molecule has 0 spiro atoms. The van der Waals surface area contributed by atoms with Crippen LogP contribution in [0.4, 0.5) is 11.6 Å². The summed E-state index contributed by atoms with van der Waals surface area (Å²) in [5.74, 6) is 0.867. The molecule has 0 aromatic carbocycles. The van der Waals surface area contributed by atoms with Crippen molar-refractivity contribution in [2.24, 2.45) is 21.1 Å². The molecule has 186 valence electrons. The predicted octanol–water partition coefficient (Wildman–Crippen LogP) is 2.22. The van der Waals surface area contributed by atoms with Gasteiger partial charge in [0, 0.05) is 12.6 Å². The molecule has 0 aliphatic heterocycles. The van der Waals surface area contributed by atoms with Crippen molar-refractivity contribution in [2.75, 3.05) is 0 Å². The highest BCUT2D eigenvalue weighted by Crippen LogP contribution is 2.10. The Morgan fingerprint density at radius 1 is 0.686 bits per heavy atom. The minimum absolute atomic E-state index is 0.330. The Labute approximate surface area is 210 Å². The molecule has 3 rings (SSSR count). The fraction of sp³-hybridized carbons (Fsp3) is 0.375. The van der Waals surface area contributed by atoms with Crippen molar-refractivity contribution in [3.63, 3.8) is 0 Å². The van der Waals surface area contributed by atoms with Gasteiger partial charge in [-0.1, -0.05) is 54.7 Å². The normalized spacial score (nSPS) is 8.49. The van der Waals surface area contributed by atoms with Crippen molar-refractivity contribution in [1.82, 2.24) is 13.7 Å². The van der Waals surface area contributed by atoms with Gasteiger partial charge in [-0.05, 0) is 36.4 Å². The van der Waals surface area contributed by atoms with Gasteiger partial charge in [-0.3, -0.25) is 0 Å². The molecule has 0 aliphatic rings. The predicted molar refractivity (Wildman–Crippen MR) is 145 cm³/mol. The number of hydrogen-bond acceptors (Lipinski definition) is 4. The summed E-state index contributed by atoms with van der Waals surface area (Å²) in [6, 6.07) is 11.9. The summed E-state index contributed by atoms with van der Waals surface area (Å²) in [5.41, 5.74) is 2.08. The van der Waals surface area contributed by atoms with E-state index in [0.29, 0.717) is 34.1 Å². The third-order valence-electron chi connectivity index (χ3n) is 4.60. The molecular weight excluding hydrogens is 442 g/mol. The molecule has 0 bridgehead atoms. The van der Waals surface area contributed by atoms with Gasteiger partial charge < -0.3 is 38.5 Å². The zero-order valence-corrected chi connectivity index (χ0v) is 22.1. The monoisotopic (exact) mass is 478 g/mol. The maximum absolute atomic E-state index is 10.3. The van der Waals surface area contributed by atoms with Gasteiger partial charge in [-0.25, -0.2) is 0 Å². The lowest BCUT2D eigenvalue weighted by molar-refractivity contribution is 0.423. The molecule has 0 saturated heterocycles. The molecule has 0 saturated carbocycles. The summed E-state index contributed by atoms with van der Waals surface area (Å²) in [7, 11) is 3.58. The van der Waals surface area contributed by atoms with Gasteiger partial charge in [0.2, 0.25) is 11.6 Å². The van der Waals surface area contributed by atoms with Crippen molar-refractivity contribution in [2.45, 2.75) is 41.5 Å². The van der Waals surface area contributed by atoms with Gasteiger partial charge in [0.15, 0.2) is 0 Å². The Balaban J connectivity index is 0. The summed E-state index contributed by atoms with van der Waals surface area (Å²) < 4.78 is 4.74. The first kappa shape index (κ1) is 33.5. The first-order chi connectivity index (χ1) is 16.8. The van der Waals surface area contributed by atoms with Crippen molar-refractivity contribution >= 4 is 42.4 Å². The zero-order valence-electron chi connectivity index (χ0n) is 22.1. The third-order valence-corrected chi connectivity index (χ3v) is 4.60. The SMILES string of the molecule is CC.CC.CC.[C-]#[N+]c1ccc(B(O)O)n1C.[C-]#[N+]c1ccc(B(O)c2ccc(C#N)n2C)n1C. The molecule has 3 aromatic rings. The first-order valence-electron chi connectivity index (χ1n) is 11.4. The van der Waals surface area contributed by atoms with Gasteiger partial charge in [0.05, 0.1) is 19.7 Å². The molecule has 11 heteroatoms. The Kier molecular flexibility index (Phi) is 17.0. The van der Waals surface area contributed by atoms with Crippen LogP contribution in [0.5, 0.6) is 0 Å². The van der Waals surface area contributed by atoms with Gasteiger partial charge >= 0.3 is 14.0 Å². The average molecular weight is 478 g/mol. The van der Waals surface area contributed by atoms with E-state index in [1.165, 1.54) is 10.6 Å². The first-order valence-corrected chi connectivity index (χ1v) is 11.4. The highest BCUT2D eigenvalue weighted by atomic mass is 16.4. The van der Waals surface area contributed by atoms with E-state index in [-0.39, 0.29) is 0 Å². The van der Waals surface area contributed by atoms with E-state index in [1.54, 1.807) is 60.6 Å². The van der Waals surface area contributed by atoms with Crippen LogP contribution < -0.4 is 16.8 Å². The fourth-order valence-electron chi connectivity index (χ4n) is 2.86. The van der Waals surface area contributed by atoms with Crippen LogP contribution in [-0.2, 0) is 21.1 Å². The molecule has 0 unspecified atom stereocenters. The van der Waals surface area contributed by atoms with Crippen LogP contribution in [0, 0.1) is 24.5 Å². The number of nitriles is 1. The van der Waals surface area contributed by atoms with E-state index in [1.807, 2.05) is 47.6 Å². The lowest BCUT2D eigenvalue weighted by Crippen LogP contribution is -2.48. The van der Waals surface area contributed by atoms with E-state index in [4.69, 9.17) is 28.5 Å². The minimum atomic E-state index is -1.50. The largest absolute Gasteiger partial charge is 0.529 e. The Hall–Kier alpha value is -3.68. The smallest absolute Gasteiger partial charge is 0.439 e. The van der Waals surface area contributed by atoms with Crippen molar-refractivity contribution < 1.29 is 15.1 Å². The average Bonchev–Trinajstić information content (AvgIpc) is 3.58. The van der Waals surface area contributed by atoms with E-state index in [2.05, 4.69) is 9.69 Å². The maximum Gasteiger partial charge on any atom is 0.529 e. The van der Waals surface area contributed by atoms with E-state index in [9.17, 15) is 5.02 Å². The van der Waals surface area contributed by atoms with Crippen molar-refractivity contribution in [1.29, 1.82) is 5.26 Å². The summed E-state index contributed by atoms with van der Waals surface area (Å²) in [6.45, 7) is 24.8. The molecule has 9 nitrogen and oxygen atoms in total. The molecule has 3 aromatic heterocycles. The molecule has 0 atom stereocenters. The number of aromatic nitrogens is 3. The van der Waals surface area contributed by atoms with Crippen LogP contribution in [0.15, 0.2) is 36.4 Å². The van der Waals surface area contributed by atoms with Crippen LogP contribution in [-0.4, -0.2) is 42.8 Å². The molecular formula is C24H36B2N6O3. The minimum Gasteiger partial charge on any atom is -0.439 e. The maximum atomic E-state index is 10.3. The number of hydrogen-bond donors (Lipinski definition) is 3. The third kappa shape index (κ3) is 8.55. The van der Waals surface area contributed by atoms with E-state index >= 15 is 0 Å². The van der Waals surface area contributed by atoms with Crippen LogP contribution in [0.2, 0.25) is 0 Å². The van der Waals surface area contributed by atoms with Crippen molar-refractivity contribution in [3.8, 4) is 6.07 Å². The van der Waals surface area contributed by atoms with Crippen molar-refractivity contribution in [3.05, 3.63) is 64.9 Å². The Bertz CT molecular complexity index is 1090. The molecule has 0 fully saturated rings. The molecule has 0 radical (unpaired) electrons. The van der Waals surface area contributed by atoms with Crippen LogP contribution in [0.3, 0.4) is 0 Å². The highest BCUT2D eigenvalue weighted by molar-refractivity contribution is 6.77. The van der Waals surface area contributed by atoms with E-state index < -0.39 is 14.0 Å². The second-order valence-electron chi connectivity index (χ2n) is 6.16. The molecule has 3 N–H and O–H groups in total. The molecule has 3 heterocycles. The van der Waals surface area contributed by atoms with Gasteiger partial charge in [-0.2, -0.15) is 5.26 Å². The summed E-state index contributed by atoms with van der Waals surface area (Å²) >= 11 is 0. The lowest BCUT2D eigenvalue weighted by atomic mass is 9.61. The zero-order chi connectivity index (χ0) is 27.7. The molecule has 0 aliphatic carbocycles. The number of nitrogens with zero attached hydrogens (tertiary/aromatic N) is 6. The Morgan fingerprint density at radius 2 is 1.06 bits per heavy atom. The van der Waals surface area contributed by atoms with Crippen LogP contribution in [0.25, 0.3) is 9.69 Å². The quantitative estimate of drug-likeness (QED) is 0.397. The second kappa shape index (κ2) is 17.8. The topological polar surface area (TPSA) is 108 Å². The van der Waals surface area contributed by atoms with Gasteiger partial charge in [-0.15, -0.1) is 0 Å². The molecule has 0 amide bonds. The fourth-order valence-corrected chi connectivity index (χ4v) is 2.86.